The second-order valence-corrected chi connectivity index (χ2v) is 6.64. The number of carbonyl (C=O) groups is 3. The molecule has 1 atom stereocenters. The SMILES string of the molecule is CC(=O)Nc1ccc(Cl)c(C(=O)N(C[C@H]2CCC(=O)N2)C(C)C)c1. The van der Waals surface area contributed by atoms with Crippen molar-refractivity contribution in [3.63, 3.8) is 0 Å². The molecule has 0 aliphatic carbocycles. The van der Waals surface area contributed by atoms with E-state index in [9.17, 15) is 14.4 Å². The molecule has 0 bridgehead atoms. The molecular formula is C17H22ClN3O3. The van der Waals surface area contributed by atoms with Gasteiger partial charge < -0.3 is 15.5 Å². The van der Waals surface area contributed by atoms with Crippen molar-refractivity contribution in [1.82, 2.24) is 10.2 Å². The Morgan fingerprint density at radius 2 is 2.12 bits per heavy atom. The fourth-order valence-electron chi connectivity index (χ4n) is 2.70. The fraction of sp³-hybridized carbons (Fsp3) is 0.471. The minimum Gasteiger partial charge on any atom is -0.352 e. The summed E-state index contributed by atoms with van der Waals surface area (Å²) in [7, 11) is 0. The lowest BCUT2D eigenvalue weighted by Crippen LogP contribution is -2.45. The summed E-state index contributed by atoms with van der Waals surface area (Å²) in [5.74, 6) is -0.421. The van der Waals surface area contributed by atoms with Crippen molar-refractivity contribution >= 4 is 35.0 Å². The van der Waals surface area contributed by atoms with Crippen LogP contribution in [-0.4, -0.2) is 41.2 Å². The van der Waals surface area contributed by atoms with Gasteiger partial charge in [-0.3, -0.25) is 14.4 Å². The molecule has 130 valence electrons. The van der Waals surface area contributed by atoms with Crippen molar-refractivity contribution in [2.45, 2.75) is 45.7 Å². The highest BCUT2D eigenvalue weighted by Crippen LogP contribution is 2.24. The maximum Gasteiger partial charge on any atom is 0.255 e. The summed E-state index contributed by atoms with van der Waals surface area (Å²) >= 11 is 6.19. The van der Waals surface area contributed by atoms with Crippen LogP contribution in [0.2, 0.25) is 5.02 Å². The minimum atomic E-state index is -0.219. The first-order valence-corrected chi connectivity index (χ1v) is 8.33. The van der Waals surface area contributed by atoms with Crippen LogP contribution in [0.1, 0.15) is 44.0 Å². The largest absolute Gasteiger partial charge is 0.352 e. The molecule has 1 aliphatic rings. The maximum absolute atomic E-state index is 12.9. The molecule has 1 aromatic carbocycles. The van der Waals surface area contributed by atoms with Gasteiger partial charge in [-0.25, -0.2) is 0 Å². The molecule has 0 aromatic heterocycles. The highest BCUT2D eigenvalue weighted by Gasteiger charge is 2.28. The van der Waals surface area contributed by atoms with E-state index in [-0.39, 0.29) is 29.8 Å². The Morgan fingerprint density at radius 3 is 2.67 bits per heavy atom. The molecule has 1 saturated heterocycles. The van der Waals surface area contributed by atoms with Crippen molar-refractivity contribution in [3.05, 3.63) is 28.8 Å². The van der Waals surface area contributed by atoms with Gasteiger partial charge in [0.1, 0.15) is 0 Å². The minimum absolute atomic E-state index is 0.0156. The van der Waals surface area contributed by atoms with Crippen LogP contribution >= 0.6 is 11.6 Å². The zero-order valence-corrected chi connectivity index (χ0v) is 14.8. The van der Waals surface area contributed by atoms with Crippen molar-refractivity contribution in [3.8, 4) is 0 Å². The average molecular weight is 352 g/mol. The summed E-state index contributed by atoms with van der Waals surface area (Å²) in [6.07, 6.45) is 1.21. The number of carbonyl (C=O) groups excluding carboxylic acids is 3. The number of nitrogens with one attached hydrogen (secondary N) is 2. The number of nitrogens with zero attached hydrogens (tertiary/aromatic N) is 1. The van der Waals surface area contributed by atoms with E-state index in [1.54, 1.807) is 23.1 Å². The Labute approximate surface area is 146 Å². The van der Waals surface area contributed by atoms with E-state index in [0.29, 0.717) is 29.2 Å². The van der Waals surface area contributed by atoms with Crippen LogP contribution in [0.3, 0.4) is 0 Å². The number of hydrogen-bond acceptors (Lipinski definition) is 3. The molecule has 2 rings (SSSR count). The topological polar surface area (TPSA) is 78.5 Å². The molecule has 0 saturated carbocycles. The predicted molar refractivity (Wildman–Crippen MR) is 93.1 cm³/mol. The quantitative estimate of drug-likeness (QED) is 0.855. The van der Waals surface area contributed by atoms with Crippen LogP contribution in [0.5, 0.6) is 0 Å². The van der Waals surface area contributed by atoms with Gasteiger partial charge in [-0.05, 0) is 38.5 Å². The number of anilines is 1. The summed E-state index contributed by atoms with van der Waals surface area (Å²) in [5.41, 5.74) is 0.856. The lowest BCUT2D eigenvalue weighted by Gasteiger charge is -2.30. The Morgan fingerprint density at radius 1 is 1.42 bits per heavy atom. The van der Waals surface area contributed by atoms with Crippen LogP contribution < -0.4 is 10.6 Å². The second-order valence-electron chi connectivity index (χ2n) is 6.23. The van der Waals surface area contributed by atoms with Gasteiger partial charge in [0.15, 0.2) is 0 Å². The zero-order valence-electron chi connectivity index (χ0n) is 14.1. The average Bonchev–Trinajstić information content (AvgIpc) is 2.90. The van der Waals surface area contributed by atoms with E-state index < -0.39 is 0 Å². The van der Waals surface area contributed by atoms with Crippen LogP contribution in [0, 0.1) is 0 Å². The summed E-state index contributed by atoms with van der Waals surface area (Å²) in [4.78, 5) is 37.2. The molecule has 0 radical (unpaired) electrons. The second kappa shape index (κ2) is 7.66. The fourth-order valence-corrected chi connectivity index (χ4v) is 2.90. The maximum atomic E-state index is 12.9. The van der Waals surface area contributed by atoms with Gasteiger partial charge in [-0.1, -0.05) is 11.6 Å². The number of rotatable bonds is 5. The van der Waals surface area contributed by atoms with Gasteiger partial charge in [-0.15, -0.1) is 0 Å². The van der Waals surface area contributed by atoms with Crippen LogP contribution in [-0.2, 0) is 9.59 Å². The Kier molecular flexibility index (Phi) is 5.83. The third-order valence-electron chi connectivity index (χ3n) is 3.90. The number of halogens is 1. The summed E-state index contributed by atoms with van der Waals surface area (Å²) < 4.78 is 0. The van der Waals surface area contributed by atoms with Crippen LogP contribution in [0.4, 0.5) is 5.69 Å². The number of hydrogen-bond donors (Lipinski definition) is 2. The molecule has 1 aliphatic heterocycles. The highest BCUT2D eigenvalue weighted by atomic mass is 35.5. The standard InChI is InChI=1S/C17H22ClN3O3/c1-10(2)21(9-13-5-7-16(23)20-13)17(24)14-8-12(19-11(3)22)4-6-15(14)18/h4,6,8,10,13H,5,7,9H2,1-3H3,(H,19,22)(H,20,23)/t13-/m1/s1. The first-order valence-electron chi connectivity index (χ1n) is 7.95. The molecule has 0 spiro atoms. The smallest absolute Gasteiger partial charge is 0.255 e. The zero-order chi connectivity index (χ0) is 17.9. The Hall–Kier alpha value is -2.08. The first kappa shape index (κ1) is 18.3. The summed E-state index contributed by atoms with van der Waals surface area (Å²) in [6, 6.07) is 4.73. The van der Waals surface area contributed by atoms with E-state index >= 15 is 0 Å². The van der Waals surface area contributed by atoms with E-state index in [1.165, 1.54) is 6.92 Å². The van der Waals surface area contributed by atoms with Crippen LogP contribution in [0.15, 0.2) is 18.2 Å². The molecule has 24 heavy (non-hydrogen) atoms. The van der Waals surface area contributed by atoms with Gasteiger partial charge in [0.2, 0.25) is 11.8 Å². The van der Waals surface area contributed by atoms with E-state index in [1.807, 2.05) is 13.8 Å². The number of benzene rings is 1. The molecule has 1 fully saturated rings. The Bertz CT molecular complexity index is 660. The van der Waals surface area contributed by atoms with Gasteiger partial charge >= 0.3 is 0 Å². The molecule has 0 unspecified atom stereocenters. The first-order chi connectivity index (χ1) is 11.3. The summed E-state index contributed by atoms with van der Waals surface area (Å²) in [6.45, 7) is 5.67. The third-order valence-corrected chi connectivity index (χ3v) is 4.23. The Balaban J connectivity index is 2.22. The highest BCUT2D eigenvalue weighted by molar-refractivity contribution is 6.34. The van der Waals surface area contributed by atoms with E-state index in [0.717, 1.165) is 6.42 Å². The van der Waals surface area contributed by atoms with Gasteiger partial charge in [0.25, 0.3) is 5.91 Å². The van der Waals surface area contributed by atoms with Crippen molar-refractivity contribution < 1.29 is 14.4 Å². The molecule has 1 aromatic rings. The van der Waals surface area contributed by atoms with Crippen molar-refractivity contribution in [1.29, 1.82) is 0 Å². The third kappa shape index (κ3) is 4.47. The molecule has 6 nitrogen and oxygen atoms in total. The van der Waals surface area contributed by atoms with E-state index in [4.69, 9.17) is 11.6 Å². The van der Waals surface area contributed by atoms with Crippen molar-refractivity contribution in [2.75, 3.05) is 11.9 Å². The van der Waals surface area contributed by atoms with Gasteiger partial charge in [0.05, 0.1) is 10.6 Å². The number of amides is 3. The van der Waals surface area contributed by atoms with Gasteiger partial charge in [0, 0.05) is 37.7 Å². The predicted octanol–water partition coefficient (Wildman–Crippen LogP) is 2.43. The molecule has 2 N–H and O–H groups in total. The van der Waals surface area contributed by atoms with Crippen molar-refractivity contribution in [2.24, 2.45) is 0 Å². The molecule has 3 amide bonds. The van der Waals surface area contributed by atoms with Gasteiger partial charge in [-0.2, -0.15) is 0 Å². The molecular weight excluding hydrogens is 330 g/mol. The molecule has 7 heteroatoms. The lowest BCUT2D eigenvalue weighted by molar-refractivity contribution is -0.119. The summed E-state index contributed by atoms with van der Waals surface area (Å²) in [5, 5.41) is 5.85. The van der Waals surface area contributed by atoms with Crippen LogP contribution in [0.25, 0.3) is 0 Å². The van der Waals surface area contributed by atoms with E-state index in [2.05, 4.69) is 10.6 Å². The normalized spacial score (nSPS) is 16.9. The monoisotopic (exact) mass is 351 g/mol. The molecule has 1 heterocycles. The lowest BCUT2D eigenvalue weighted by atomic mass is 10.1.